The predicted octanol–water partition coefficient (Wildman–Crippen LogP) is 1.15. The van der Waals surface area contributed by atoms with Crippen molar-refractivity contribution in [2.45, 2.75) is 6.61 Å². The lowest BCUT2D eigenvalue weighted by Gasteiger charge is -2.03. The number of nitrogens with zero attached hydrogens (tertiary/aromatic N) is 2. The molecular weight excluding hydrogens is 261 g/mol. The third-order valence-electron chi connectivity index (χ3n) is 1.21. The van der Waals surface area contributed by atoms with E-state index in [0.29, 0.717) is 16.8 Å². The highest BCUT2D eigenvalue weighted by Gasteiger charge is 2.08. The second kappa shape index (κ2) is 4.38. The van der Waals surface area contributed by atoms with E-state index in [4.69, 9.17) is 17.3 Å². The summed E-state index contributed by atoms with van der Waals surface area (Å²) in [5.74, 6) is 0.148. The SMILES string of the molecule is Nc1nc(Cl)c(Br)nc1COC=O. The number of hydrogen-bond acceptors (Lipinski definition) is 5. The average molecular weight is 266 g/mol. The second-order valence-corrected chi connectivity index (χ2v) is 3.15. The molecule has 1 heterocycles. The molecule has 0 radical (unpaired) electrons. The van der Waals surface area contributed by atoms with Gasteiger partial charge in [0, 0.05) is 0 Å². The van der Waals surface area contributed by atoms with Crippen molar-refractivity contribution in [2.75, 3.05) is 5.73 Å². The van der Waals surface area contributed by atoms with Gasteiger partial charge < -0.3 is 10.5 Å². The molecule has 0 aliphatic carbocycles. The maximum Gasteiger partial charge on any atom is 0.293 e. The van der Waals surface area contributed by atoms with Crippen molar-refractivity contribution in [2.24, 2.45) is 0 Å². The average Bonchev–Trinajstić information content (AvgIpc) is 2.09. The fourth-order valence-corrected chi connectivity index (χ4v) is 1.09. The molecule has 1 aromatic rings. The van der Waals surface area contributed by atoms with Crippen LogP contribution in [0.25, 0.3) is 0 Å². The van der Waals surface area contributed by atoms with Gasteiger partial charge in [0.15, 0.2) is 11.0 Å². The van der Waals surface area contributed by atoms with Crippen LogP contribution < -0.4 is 5.73 Å². The van der Waals surface area contributed by atoms with E-state index in [9.17, 15) is 4.79 Å². The molecule has 13 heavy (non-hydrogen) atoms. The smallest absolute Gasteiger partial charge is 0.293 e. The van der Waals surface area contributed by atoms with Crippen molar-refractivity contribution >= 4 is 39.8 Å². The van der Waals surface area contributed by atoms with Gasteiger partial charge in [-0.1, -0.05) is 11.6 Å². The molecule has 0 aliphatic rings. The van der Waals surface area contributed by atoms with Crippen LogP contribution in [-0.2, 0) is 16.1 Å². The molecule has 0 amide bonds. The van der Waals surface area contributed by atoms with Crippen molar-refractivity contribution < 1.29 is 9.53 Å². The van der Waals surface area contributed by atoms with Gasteiger partial charge in [-0.3, -0.25) is 4.79 Å². The molecule has 0 atom stereocenters. The van der Waals surface area contributed by atoms with Crippen LogP contribution in [0.2, 0.25) is 5.15 Å². The molecule has 1 rings (SSSR count). The minimum absolute atomic E-state index is 0.0158. The highest BCUT2D eigenvalue weighted by Crippen LogP contribution is 2.20. The van der Waals surface area contributed by atoms with Crippen molar-refractivity contribution in [1.82, 2.24) is 9.97 Å². The van der Waals surface area contributed by atoms with Gasteiger partial charge in [-0.15, -0.1) is 0 Å². The molecule has 0 unspecified atom stereocenters. The molecule has 0 bridgehead atoms. The Hall–Kier alpha value is -0.880. The maximum atomic E-state index is 9.89. The van der Waals surface area contributed by atoms with Gasteiger partial charge in [0.1, 0.15) is 16.9 Å². The van der Waals surface area contributed by atoms with Crippen LogP contribution >= 0.6 is 27.5 Å². The van der Waals surface area contributed by atoms with Gasteiger partial charge in [0.05, 0.1) is 0 Å². The first-order valence-electron chi connectivity index (χ1n) is 3.17. The highest BCUT2D eigenvalue weighted by atomic mass is 79.9. The lowest BCUT2D eigenvalue weighted by atomic mass is 10.4. The van der Waals surface area contributed by atoms with Crippen LogP contribution in [0.1, 0.15) is 5.69 Å². The van der Waals surface area contributed by atoms with Crippen molar-refractivity contribution in [3.8, 4) is 0 Å². The minimum atomic E-state index is -0.0158. The van der Waals surface area contributed by atoms with Gasteiger partial charge in [-0.25, -0.2) is 9.97 Å². The quantitative estimate of drug-likeness (QED) is 0.830. The Kier molecular flexibility index (Phi) is 3.44. The zero-order valence-corrected chi connectivity index (χ0v) is 8.67. The van der Waals surface area contributed by atoms with E-state index in [1.807, 2.05) is 0 Å². The summed E-state index contributed by atoms with van der Waals surface area (Å²) in [6, 6.07) is 0. The van der Waals surface area contributed by atoms with E-state index in [-0.39, 0.29) is 17.6 Å². The summed E-state index contributed by atoms with van der Waals surface area (Å²) in [5.41, 5.74) is 5.82. The zero-order valence-electron chi connectivity index (χ0n) is 6.33. The van der Waals surface area contributed by atoms with Crippen LogP contribution in [0.15, 0.2) is 4.60 Å². The Bertz CT molecular complexity index is 334. The molecule has 5 nitrogen and oxygen atoms in total. The van der Waals surface area contributed by atoms with E-state index < -0.39 is 0 Å². The first-order valence-corrected chi connectivity index (χ1v) is 4.35. The fourth-order valence-electron chi connectivity index (χ4n) is 0.657. The lowest BCUT2D eigenvalue weighted by Crippen LogP contribution is -2.03. The van der Waals surface area contributed by atoms with Crippen LogP contribution in [0.5, 0.6) is 0 Å². The summed E-state index contributed by atoms with van der Waals surface area (Å²) < 4.78 is 4.84. The van der Waals surface area contributed by atoms with E-state index in [0.717, 1.165) is 0 Å². The first kappa shape index (κ1) is 10.2. The number of aromatic nitrogens is 2. The number of nitrogens with two attached hydrogens (primary N) is 1. The number of nitrogen functional groups attached to an aromatic ring is 1. The molecule has 7 heteroatoms. The van der Waals surface area contributed by atoms with Gasteiger partial charge in [-0.2, -0.15) is 0 Å². The minimum Gasteiger partial charge on any atom is -0.461 e. The van der Waals surface area contributed by atoms with Crippen molar-refractivity contribution in [1.29, 1.82) is 0 Å². The molecule has 2 N–H and O–H groups in total. The molecule has 70 valence electrons. The lowest BCUT2D eigenvalue weighted by molar-refractivity contribution is -0.129. The Labute approximate surface area is 87.4 Å². The second-order valence-electron chi connectivity index (χ2n) is 2.04. The summed E-state index contributed by atoms with van der Waals surface area (Å²) in [5, 5.41) is 0.173. The Morgan fingerprint density at radius 1 is 1.62 bits per heavy atom. The number of ether oxygens (including phenoxy) is 1. The summed E-state index contributed by atoms with van der Waals surface area (Å²) >= 11 is 8.68. The van der Waals surface area contributed by atoms with E-state index in [1.165, 1.54) is 0 Å². The maximum absolute atomic E-state index is 9.89. The number of carbonyl (C=O) groups excluding carboxylic acids is 1. The third-order valence-corrected chi connectivity index (χ3v) is 2.25. The molecule has 0 aliphatic heterocycles. The highest BCUT2D eigenvalue weighted by molar-refractivity contribution is 9.10. The van der Waals surface area contributed by atoms with E-state index >= 15 is 0 Å². The molecule has 0 saturated carbocycles. The summed E-state index contributed by atoms with van der Waals surface area (Å²) in [6.45, 7) is 0.293. The molecule has 0 aromatic carbocycles. The molecule has 0 saturated heterocycles. The normalized spacial score (nSPS) is 9.69. The zero-order chi connectivity index (χ0) is 9.84. The Balaban J connectivity index is 2.94. The van der Waals surface area contributed by atoms with Crippen LogP contribution in [0.4, 0.5) is 5.82 Å². The van der Waals surface area contributed by atoms with Crippen molar-refractivity contribution in [3.63, 3.8) is 0 Å². The number of rotatable bonds is 3. The van der Waals surface area contributed by atoms with E-state index in [1.54, 1.807) is 0 Å². The summed E-state index contributed by atoms with van der Waals surface area (Å²) in [7, 11) is 0. The third kappa shape index (κ3) is 2.53. The van der Waals surface area contributed by atoms with Crippen LogP contribution in [0.3, 0.4) is 0 Å². The Morgan fingerprint density at radius 3 is 2.92 bits per heavy atom. The van der Waals surface area contributed by atoms with Crippen LogP contribution in [-0.4, -0.2) is 16.4 Å². The molecule has 0 spiro atoms. The van der Waals surface area contributed by atoms with Crippen molar-refractivity contribution in [3.05, 3.63) is 15.5 Å². The van der Waals surface area contributed by atoms with Gasteiger partial charge >= 0.3 is 0 Å². The largest absolute Gasteiger partial charge is 0.461 e. The van der Waals surface area contributed by atoms with Gasteiger partial charge in [-0.05, 0) is 15.9 Å². The first-order chi connectivity index (χ1) is 6.15. The van der Waals surface area contributed by atoms with E-state index in [2.05, 4.69) is 30.6 Å². The number of halogens is 2. The molecular formula is C6H5BrClN3O2. The topological polar surface area (TPSA) is 78.1 Å². The number of hydrogen-bond donors (Lipinski definition) is 1. The molecule has 0 fully saturated rings. The predicted molar refractivity (Wildman–Crippen MR) is 50.0 cm³/mol. The Morgan fingerprint density at radius 2 is 2.31 bits per heavy atom. The summed E-state index contributed by atoms with van der Waals surface area (Å²) in [4.78, 5) is 17.6. The van der Waals surface area contributed by atoms with Gasteiger partial charge in [0.2, 0.25) is 0 Å². The fraction of sp³-hybridized carbons (Fsp3) is 0.167. The standard InChI is InChI=1S/C6H5BrClN3O2/c7-4-5(8)11-6(9)3(10-4)1-13-2-12/h2H,1H2,(H2,9,11). The molecule has 1 aromatic heterocycles. The number of anilines is 1. The number of carbonyl (C=O) groups is 1. The van der Waals surface area contributed by atoms with Gasteiger partial charge in [0.25, 0.3) is 6.47 Å². The summed E-state index contributed by atoms with van der Waals surface area (Å²) in [6.07, 6.45) is 0. The van der Waals surface area contributed by atoms with Crippen LogP contribution in [0, 0.1) is 0 Å². The monoisotopic (exact) mass is 265 g/mol.